The molecule has 2 aliphatic rings. The molecule has 2 aliphatic heterocycles. The van der Waals surface area contributed by atoms with Crippen LogP contribution in [-0.4, -0.2) is 104 Å². The minimum atomic E-state index is -0.0127. The fraction of sp³-hybridized carbons (Fsp3) is 0.452. The topological polar surface area (TPSA) is 138 Å². The number of nitrogen functional groups attached to an aromatic ring is 1. The van der Waals surface area contributed by atoms with Crippen LogP contribution < -0.4 is 10.6 Å². The third-order valence-electron chi connectivity index (χ3n) is 7.91. The zero-order chi connectivity index (χ0) is 30.3. The molecule has 5 rings (SSSR count). The summed E-state index contributed by atoms with van der Waals surface area (Å²) in [6, 6.07) is 7.68. The van der Waals surface area contributed by atoms with Crippen molar-refractivity contribution in [2.75, 3.05) is 76.8 Å². The Labute approximate surface area is 255 Å². The maximum absolute atomic E-state index is 12.8. The molecule has 228 valence electrons. The zero-order valence-corrected chi connectivity index (χ0v) is 25.6. The van der Waals surface area contributed by atoms with Crippen molar-refractivity contribution in [3.05, 3.63) is 46.4 Å². The number of nitrogens with zero attached hydrogens (tertiary/aromatic N) is 5. The zero-order valence-electron chi connectivity index (χ0n) is 24.8. The van der Waals surface area contributed by atoms with Crippen molar-refractivity contribution < 1.29 is 19.1 Å². The van der Waals surface area contributed by atoms with Gasteiger partial charge in [0.15, 0.2) is 17.4 Å². The Morgan fingerprint density at radius 3 is 2.60 bits per heavy atom. The van der Waals surface area contributed by atoms with Crippen molar-refractivity contribution >= 4 is 51.0 Å². The van der Waals surface area contributed by atoms with Crippen LogP contribution in [0, 0.1) is 5.41 Å². The summed E-state index contributed by atoms with van der Waals surface area (Å²) in [5.41, 5.74) is 9.56. The molecule has 2 aromatic heterocycles. The Morgan fingerprint density at radius 1 is 1.12 bits per heavy atom. The third kappa shape index (κ3) is 7.27. The van der Waals surface area contributed by atoms with Gasteiger partial charge in [-0.2, -0.15) is 0 Å². The number of hydrogen-bond acceptors (Lipinski definition) is 11. The van der Waals surface area contributed by atoms with E-state index >= 15 is 0 Å². The maximum atomic E-state index is 12.8. The molecule has 0 bridgehead atoms. The van der Waals surface area contributed by atoms with Crippen molar-refractivity contribution in [2.24, 2.45) is 0 Å². The Hall–Kier alpha value is -3.71. The first-order chi connectivity index (χ1) is 20.9. The van der Waals surface area contributed by atoms with E-state index in [9.17, 15) is 9.59 Å². The SMILES string of the molecule is COC/C=C(\C)C(=O)CCC(=O)N1CCN(Cc2cc3nc(-c4cccc(N)c4C=N)nc(N4CCOCC4)c3s2)CC1. The van der Waals surface area contributed by atoms with Crippen molar-refractivity contribution in [3.8, 4) is 11.4 Å². The summed E-state index contributed by atoms with van der Waals surface area (Å²) in [7, 11) is 1.59. The van der Waals surface area contributed by atoms with Gasteiger partial charge in [-0.1, -0.05) is 18.2 Å². The second-order valence-electron chi connectivity index (χ2n) is 10.8. The Kier molecular flexibility index (Phi) is 10.1. The fourth-order valence-corrected chi connectivity index (χ4v) is 6.52. The molecular weight excluding hydrogens is 566 g/mol. The third-order valence-corrected chi connectivity index (χ3v) is 9.01. The molecule has 0 unspecified atom stereocenters. The van der Waals surface area contributed by atoms with Gasteiger partial charge in [-0.3, -0.25) is 14.5 Å². The molecule has 11 nitrogen and oxygen atoms in total. The number of nitrogens with two attached hydrogens (primary N) is 1. The molecule has 1 aromatic carbocycles. The second kappa shape index (κ2) is 14.2. The number of thiophene rings is 1. The normalized spacial score (nSPS) is 16.6. The van der Waals surface area contributed by atoms with E-state index in [4.69, 9.17) is 30.6 Å². The summed E-state index contributed by atoms with van der Waals surface area (Å²) >= 11 is 1.70. The highest BCUT2D eigenvalue weighted by Crippen LogP contribution is 2.36. The van der Waals surface area contributed by atoms with Crippen LogP contribution in [0.15, 0.2) is 35.9 Å². The largest absolute Gasteiger partial charge is 0.398 e. The monoisotopic (exact) mass is 605 g/mol. The molecule has 43 heavy (non-hydrogen) atoms. The van der Waals surface area contributed by atoms with Crippen LogP contribution in [0.5, 0.6) is 0 Å². The first kappa shape index (κ1) is 30.7. The molecule has 3 aromatic rings. The second-order valence-corrected chi connectivity index (χ2v) is 11.9. The van der Waals surface area contributed by atoms with Crippen molar-refractivity contribution in [1.82, 2.24) is 19.8 Å². The Balaban J connectivity index is 1.28. The number of morpholine rings is 1. The molecule has 0 spiro atoms. The van der Waals surface area contributed by atoms with E-state index in [2.05, 4.69) is 15.9 Å². The number of methoxy groups -OCH3 is 1. The van der Waals surface area contributed by atoms with Gasteiger partial charge < -0.3 is 30.4 Å². The van der Waals surface area contributed by atoms with Gasteiger partial charge in [-0.05, 0) is 24.6 Å². The number of allylic oxidation sites excluding steroid dienone is 1. The van der Waals surface area contributed by atoms with Gasteiger partial charge in [-0.15, -0.1) is 11.3 Å². The van der Waals surface area contributed by atoms with E-state index in [-0.39, 0.29) is 24.5 Å². The number of nitrogens with one attached hydrogen (secondary N) is 1. The number of piperazine rings is 1. The lowest BCUT2D eigenvalue weighted by Crippen LogP contribution is -2.48. The lowest BCUT2D eigenvalue weighted by atomic mass is 10.1. The lowest BCUT2D eigenvalue weighted by molar-refractivity contribution is -0.134. The predicted molar refractivity (Wildman–Crippen MR) is 170 cm³/mol. The van der Waals surface area contributed by atoms with Crippen molar-refractivity contribution in [1.29, 1.82) is 5.41 Å². The smallest absolute Gasteiger partial charge is 0.223 e. The van der Waals surface area contributed by atoms with Crippen LogP contribution in [0.3, 0.4) is 0 Å². The number of fused-ring (bicyclic) bond motifs is 1. The number of hydrogen-bond donors (Lipinski definition) is 2. The standard InChI is InChI=1S/C31H39N7O4S/c1-21(8-15-41-2)27(39)6-7-28(40)37-11-9-36(10-12-37)20-22-18-26-29(43-22)31(38-13-16-42-17-14-38)35-30(34-26)23-4-3-5-25(33)24(23)19-32/h3-5,8,18-19,32H,6-7,9-17,20,33H2,1-2H3/b21-8+,32-19?. The number of amides is 1. The first-order valence-electron chi connectivity index (χ1n) is 14.6. The number of carbonyl (C=O) groups excluding carboxylic acids is 2. The van der Waals surface area contributed by atoms with Gasteiger partial charge in [-0.25, -0.2) is 9.97 Å². The molecule has 1 amide bonds. The van der Waals surface area contributed by atoms with Crippen molar-refractivity contribution in [2.45, 2.75) is 26.3 Å². The Bertz CT molecular complexity index is 1510. The highest BCUT2D eigenvalue weighted by Gasteiger charge is 2.24. The maximum Gasteiger partial charge on any atom is 0.223 e. The van der Waals surface area contributed by atoms with Gasteiger partial charge in [0.2, 0.25) is 5.91 Å². The number of anilines is 2. The Morgan fingerprint density at radius 2 is 1.88 bits per heavy atom. The number of ether oxygens (including phenoxy) is 2. The number of benzene rings is 1. The molecule has 0 aliphatic carbocycles. The van der Waals surface area contributed by atoms with Crippen LogP contribution in [-0.2, 0) is 25.6 Å². The number of carbonyl (C=O) groups is 2. The molecular formula is C31H39N7O4S. The number of ketones is 1. The van der Waals surface area contributed by atoms with Crippen molar-refractivity contribution in [3.63, 3.8) is 0 Å². The van der Waals surface area contributed by atoms with Crippen LogP contribution >= 0.6 is 11.3 Å². The molecule has 2 fully saturated rings. The molecule has 2 saturated heterocycles. The summed E-state index contributed by atoms with van der Waals surface area (Å²) in [4.78, 5) is 42.7. The summed E-state index contributed by atoms with van der Waals surface area (Å²) < 4.78 is 11.6. The van der Waals surface area contributed by atoms with Crippen LogP contribution in [0.4, 0.5) is 11.5 Å². The molecule has 0 radical (unpaired) electrons. The fourth-order valence-electron chi connectivity index (χ4n) is 5.36. The lowest BCUT2D eigenvalue weighted by Gasteiger charge is -2.34. The van der Waals surface area contributed by atoms with E-state index in [0.717, 1.165) is 54.3 Å². The van der Waals surface area contributed by atoms with E-state index in [1.165, 1.54) is 11.1 Å². The van der Waals surface area contributed by atoms with E-state index in [1.807, 2.05) is 17.0 Å². The quantitative estimate of drug-likeness (QED) is 0.191. The predicted octanol–water partition coefficient (Wildman–Crippen LogP) is 3.36. The van der Waals surface area contributed by atoms with Crippen LogP contribution in [0.1, 0.15) is 30.2 Å². The average molecular weight is 606 g/mol. The van der Waals surface area contributed by atoms with E-state index < -0.39 is 0 Å². The van der Waals surface area contributed by atoms with E-state index in [0.29, 0.717) is 55.6 Å². The first-order valence-corrected chi connectivity index (χ1v) is 15.4. The van der Waals surface area contributed by atoms with Crippen LogP contribution in [0.2, 0.25) is 0 Å². The summed E-state index contributed by atoms with van der Waals surface area (Å²) in [6.07, 6.45) is 3.46. The molecule has 0 atom stereocenters. The van der Waals surface area contributed by atoms with Gasteiger partial charge in [0.1, 0.15) is 0 Å². The van der Waals surface area contributed by atoms with E-state index in [1.54, 1.807) is 37.5 Å². The summed E-state index contributed by atoms with van der Waals surface area (Å²) in [6.45, 7) is 8.50. The minimum Gasteiger partial charge on any atom is -0.398 e. The van der Waals surface area contributed by atoms with Crippen LogP contribution in [0.25, 0.3) is 21.6 Å². The van der Waals surface area contributed by atoms with Gasteiger partial charge in [0.25, 0.3) is 0 Å². The average Bonchev–Trinajstić information content (AvgIpc) is 3.44. The molecule has 4 heterocycles. The highest BCUT2D eigenvalue weighted by molar-refractivity contribution is 7.19. The van der Waals surface area contributed by atoms with Gasteiger partial charge in [0.05, 0.1) is 30.0 Å². The number of aromatic nitrogens is 2. The minimum absolute atomic E-state index is 0.0127. The summed E-state index contributed by atoms with van der Waals surface area (Å²) in [5.74, 6) is 1.45. The summed E-state index contributed by atoms with van der Waals surface area (Å²) in [5, 5.41) is 7.92. The van der Waals surface area contributed by atoms with Gasteiger partial charge >= 0.3 is 0 Å². The highest BCUT2D eigenvalue weighted by atomic mass is 32.1. The number of Topliss-reactive ketones (excluding diaryl/α,β-unsaturated/α-hetero) is 1. The molecule has 0 saturated carbocycles. The molecule has 12 heteroatoms. The molecule has 3 N–H and O–H groups in total. The number of rotatable bonds is 11. The van der Waals surface area contributed by atoms with Gasteiger partial charge in [0, 0.05) is 93.7 Å².